The summed E-state index contributed by atoms with van der Waals surface area (Å²) in [6, 6.07) is 7.25. The Morgan fingerprint density at radius 3 is 2.59 bits per heavy atom. The topological polar surface area (TPSA) is 91.5 Å². The first-order valence-corrected chi connectivity index (χ1v) is 7.13. The van der Waals surface area contributed by atoms with Crippen molar-refractivity contribution in [2.75, 3.05) is 20.2 Å². The molecule has 1 atom stereocenters. The Morgan fingerprint density at radius 2 is 1.91 bits per heavy atom. The van der Waals surface area contributed by atoms with Gasteiger partial charge in [0.05, 0.1) is 29.7 Å². The molecule has 7 heteroatoms. The highest BCUT2D eigenvalue weighted by Crippen LogP contribution is 2.18. The fourth-order valence-electron chi connectivity index (χ4n) is 2.48. The van der Waals surface area contributed by atoms with Gasteiger partial charge in [0.15, 0.2) is 0 Å². The molecular weight excluding hydrogens is 284 g/mol. The molecule has 0 saturated carbocycles. The lowest BCUT2D eigenvalue weighted by atomic mass is 10.1. The SMILES string of the molecule is CO.O=C(c1ccccc1-n1nccn1)N1CCCC(O)C1. The van der Waals surface area contributed by atoms with Crippen molar-refractivity contribution in [3.63, 3.8) is 0 Å². The summed E-state index contributed by atoms with van der Waals surface area (Å²) in [5.74, 6) is -0.0864. The third-order valence-corrected chi connectivity index (χ3v) is 3.45. The molecule has 1 aromatic heterocycles. The lowest BCUT2D eigenvalue weighted by Crippen LogP contribution is -2.42. The number of carbonyl (C=O) groups is 1. The average molecular weight is 304 g/mol. The number of carbonyl (C=O) groups excluding carboxylic acids is 1. The molecule has 1 unspecified atom stereocenters. The summed E-state index contributed by atoms with van der Waals surface area (Å²) < 4.78 is 0. The molecule has 118 valence electrons. The number of aromatic nitrogens is 3. The molecule has 1 aliphatic rings. The van der Waals surface area contributed by atoms with Gasteiger partial charge in [-0.25, -0.2) is 0 Å². The molecule has 1 fully saturated rings. The molecule has 3 rings (SSSR count). The number of para-hydroxylation sites is 1. The quantitative estimate of drug-likeness (QED) is 0.841. The Balaban J connectivity index is 0.000000847. The lowest BCUT2D eigenvalue weighted by Gasteiger charge is -2.30. The number of piperidine rings is 1. The van der Waals surface area contributed by atoms with E-state index in [1.54, 1.807) is 23.4 Å². The van der Waals surface area contributed by atoms with Gasteiger partial charge in [-0.1, -0.05) is 12.1 Å². The summed E-state index contributed by atoms with van der Waals surface area (Å²) >= 11 is 0. The Hall–Kier alpha value is -2.25. The molecule has 0 spiro atoms. The minimum absolute atomic E-state index is 0.0864. The summed E-state index contributed by atoms with van der Waals surface area (Å²) in [5, 5.41) is 24.9. The summed E-state index contributed by atoms with van der Waals surface area (Å²) in [7, 11) is 1.00. The fraction of sp³-hybridized carbons (Fsp3) is 0.400. The second-order valence-electron chi connectivity index (χ2n) is 4.88. The van der Waals surface area contributed by atoms with Crippen molar-refractivity contribution in [2.45, 2.75) is 18.9 Å². The highest BCUT2D eigenvalue weighted by molar-refractivity contribution is 5.97. The number of aliphatic hydroxyl groups is 2. The van der Waals surface area contributed by atoms with E-state index in [9.17, 15) is 9.90 Å². The zero-order valence-electron chi connectivity index (χ0n) is 12.5. The van der Waals surface area contributed by atoms with Gasteiger partial charge in [0.25, 0.3) is 5.91 Å². The number of aliphatic hydroxyl groups excluding tert-OH is 2. The van der Waals surface area contributed by atoms with E-state index in [0.717, 1.165) is 20.0 Å². The molecule has 1 amide bonds. The first kappa shape index (κ1) is 16.1. The summed E-state index contributed by atoms with van der Waals surface area (Å²) in [4.78, 5) is 15.7. The maximum atomic E-state index is 12.6. The van der Waals surface area contributed by atoms with Crippen LogP contribution in [0.4, 0.5) is 0 Å². The molecule has 1 aliphatic heterocycles. The van der Waals surface area contributed by atoms with E-state index in [2.05, 4.69) is 10.2 Å². The standard InChI is InChI=1S/C14H16N4O2.CH4O/c19-11-4-3-9-17(10-11)14(20)12-5-1-2-6-13(12)18-15-7-8-16-18;1-2/h1-2,5-8,11,19H,3-4,9-10H2;2H,1H3. The van der Waals surface area contributed by atoms with Crippen LogP contribution in [0.15, 0.2) is 36.7 Å². The minimum atomic E-state index is -0.428. The lowest BCUT2D eigenvalue weighted by molar-refractivity contribution is 0.0473. The zero-order chi connectivity index (χ0) is 15.9. The summed E-state index contributed by atoms with van der Waals surface area (Å²) in [6.45, 7) is 1.07. The molecule has 0 bridgehead atoms. The monoisotopic (exact) mass is 304 g/mol. The second kappa shape index (κ2) is 7.67. The third-order valence-electron chi connectivity index (χ3n) is 3.45. The Labute approximate surface area is 128 Å². The van der Waals surface area contributed by atoms with Crippen LogP contribution in [0.25, 0.3) is 5.69 Å². The summed E-state index contributed by atoms with van der Waals surface area (Å²) in [5.41, 5.74) is 1.21. The zero-order valence-corrected chi connectivity index (χ0v) is 12.5. The fourth-order valence-corrected chi connectivity index (χ4v) is 2.48. The van der Waals surface area contributed by atoms with Crippen molar-refractivity contribution in [3.05, 3.63) is 42.2 Å². The molecular formula is C15H20N4O3. The molecule has 0 radical (unpaired) electrons. The summed E-state index contributed by atoms with van der Waals surface area (Å²) in [6.07, 6.45) is 4.31. The van der Waals surface area contributed by atoms with Crippen LogP contribution >= 0.6 is 0 Å². The van der Waals surface area contributed by atoms with Crippen molar-refractivity contribution in [1.82, 2.24) is 19.9 Å². The smallest absolute Gasteiger partial charge is 0.256 e. The van der Waals surface area contributed by atoms with Gasteiger partial charge in [0.1, 0.15) is 0 Å². The van der Waals surface area contributed by atoms with Crippen LogP contribution in [0, 0.1) is 0 Å². The van der Waals surface area contributed by atoms with Gasteiger partial charge in [-0.15, -0.1) is 0 Å². The highest BCUT2D eigenvalue weighted by atomic mass is 16.3. The third kappa shape index (κ3) is 3.49. The molecule has 0 aliphatic carbocycles. The van der Waals surface area contributed by atoms with E-state index in [0.29, 0.717) is 24.3 Å². The largest absolute Gasteiger partial charge is 0.400 e. The van der Waals surface area contributed by atoms with E-state index in [4.69, 9.17) is 5.11 Å². The minimum Gasteiger partial charge on any atom is -0.400 e. The van der Waals surface area contributed by atoms with Crippen LogP contribution in [0.2, 0.25) is 0 Å². The van der Waals surface area contributed by atoms with E-state index in [1.807, 2.05) is 18.2 Å². The Morgan fingerprint density at radius 1 is 1.23 bits per heavy atom. The molecule has 2 aromatic rings. The van der Waals surface area contributed by atoms with Crippen LogP contribution < -0.4 is 0 Å². The average Bonchev–Trinajstić information content (AvgIpc) is 3.10. The number of likely N-dealkylation sites (tertiary alicyclic amines) is 1. The second-order valence-corrected chi connectivity index (χ2v) is 4.88. The van der Waals surface area contributed by atoms with Gasteiger partial charge in [0, 0.05) is 20.2 Å². The molecule has 7 nitrogen and oxygen atoms in total. The molecule has 2 N–H and O–H groups in total. The van der Waals surface area contributed by atoms with Crippen molar-refractivity contribution in [3.8, 4) is 5.69 Å². The normalized spacial score (nSPS) is 17.6. The Kier molecular flexibility index (Phi) is 5.62. The van der Waals surface area contributed by atoms with Crippen LogP contribution in [-0.4, -0.2) is 62.3 Å². The molecule has 1 aromatic carbocycles. The van der Waals surface area contributed by atoms with E-state index in [1.165, 1.54) is 4.80 Å². The number of amides is 1. The Bertz CT molecular complexity index is 601. The molecule has 2 heterocycles. The number of nitrogens with zero attached hydrogens (tertiary/aromatic N) is 4. The van der Waals surface area contributed by atoms with Gasteiger partial charge < -0.3 is 15.1 Å². The van der Waals surface area contributed by atoms with Crippen molar-refractivity contribution >= 4 is 5.91 Å². The predicted octanol–water partition coefficient (Wildman–Crippen LogP) is 0.473. The van der Waals surface area contributed by atoms with Crippen molar-refractivity contribution < 1.29 is 15.0 Å². The first-order valence-electron chi connectivity index (χ1n) is 7.13. The highest BCUT2D eigenvalue weighted by Gasteiger charge is 2.25. The van der Waals surface area contributed by atoms with E-state index in [-0.39, 0.29) is 5.91 Å². The van der Waals surface area contributed by atoms with Gasteiger partial charge >= 0.3 is 0 Å². The van der Waals surface area contributed by atoms with Crippen LogP contribution in [0.5, 0.6) is 0 Å². The number of β-amino-alcohol motifs (C(OH)–C–C–N with tert-alkyl or cyclic N) is 1. The van der Waals surface area contributed by atoms with Crippen molar-refractivity contribution in [1.29, 1.82) is 0 Å². The maximum Gasteiger partial charge on any atom is 0.256 e. The molecule has 1 saturated heterocycles. The number of rotatable bonds is 2. The van der Waals surface area contributed by atoms with Gasteiger partial charge in [-0.05, 0) is 25.0 Å². The van der Waals surface area contributed by atoms with Gasteiger partial charge in [-0.3, -0.25) is 4.79 Å². The van der Waals surface area contributed by atoms with E-state index < -0.39 is 6.10 Å². The van der Waals surface area contributed by atoms with Crippen LogP contribution in [0.3, 0.4) is 0 Å². The van der Waals surface area contributed by atoms with Crippen LogP contribution in [0.1, 0.15) is 23.2 Å². The maximum absolute atomic E-state index is 12.6. The van der Waals surface area contributed by atoms with Crippen LogP contribution in [-0.2, 0) is 0 Å². The first-order chi connectivity index (χ1) is 10.8. The van der Waals surface area contributed by atoms with Gasteiger partial charge in [-0.2, -0.15) is 15.0 Å². The molecule has 22 heavy (non-hydrogen) atoms. The number of hydrogen-bond acceptors (Lipinski definition) is 5. The van der Waals surface area contributed by atoms with Gasteiger partial charge in [0.2, 0.25) is 0 Å². The number of hydrogen-bond donors (Lipinski definition) is 2. The van der Waals surface area contributed by atoms with Crippen molar-refractivity contribution in [2.24, 2.45) is 0 Å². The van der Waals surface area contributed by atoms with E-state index >= 15 is 0 Å². The predicted molar refractivity (Wildman–Crippen MR) is 80.6 cm³/mol. The number of benzene rings is 1.